The van der Waals surface area contributed by atoms with Crippen LogP contribution in [0, 0.1) is 0 Å². The number of aromatic nitrogens is 2. The highest BCUT2D eigenvalue weighted by Gasteiger charge is 2.17. The first-order valence-corrected chi connectivity index (χ1v) is 10.00. The first kappa shape index (κ1) is 21.6. The SMILES string of the molecule is S=C(N/N=C/c1cccnc1)NN1CCN(NC(=S)N/N=C/c2cccnc2)CC1. The van der Waals surface area contributed by atoms with Gasteiger partial charge < -0.3 is 0 Å². The summed E-state index contributed by atoms with van der Waals surface area (Å²) in [6.07, 6.45) is 10.2. The summed E-state index contributed by atoms with van der Waals surface area (Å²) in [4.78, 5) is 8.05. The first-order chi connectivity index (χ1) is 14.7. The monoisotopic (exact) mass is 442 g/mol. The molecule has 0 saturated carbocycles. The summed E-state index contributed by atoms with van der Waals surface area (Å²) < 4.78 is 0. The second-order valence-corrected chi connectivity index (χ2v) is 6.99. The lowest BCUT2D eigenvalue weighted by atomic mass is 10.3. The highest BCUT2D eigenvalue weighted by molar-refractivity contribution is 7.80. The fraction of sp³-hybridized carbons (Fsp3) is 0.222. The number of piperazine rings is 1. The van der Waals surface area contributed by atoms with Crippen molar-refractivity contribution in [2.24, 2.45) is 10.2 Å². The highest BCUT2D eigenvalue weighted by atomic mass is 32.1. The lowest BCUT2D eigenvalue weighted by Gasteiger charge is -2.35. The zero-order chi connectivity index (χ0) is 21.0. The van der Waals surface area contributed by atoms with Gasteiger partial charge in [0.15, 0.2) is 0 Å². The number of hydrazine groups is 2. The lowest BCUT2D eigenvalue weighted by Crippen LogP contribution is -2.59. The molecule has 3 rings (SSSR count). The molecule has 1 aliphatic heterocycles. The quantitative estimate of drug-likeness (QED) is 0.282. The van der Waals surface area contributed by atoms with Crippen molar-refractivity contribution in [1.29, 1.82) is 0 Å². The Kier molecular flexibility index (Phi) is 8.53. The van der Waals surface area contributed by atoms with E-state index >= 15 is 0 Å². The van der Waals surface area contributed by atoms with E-state index in [4.69, 9.17) is 24.4 Å². The molecule has 2 aromatic heterocycles. The first-order valence-electron chi connectivity index (χ1n) is 9.18. The van der Waals surface area contributed by atoms with Crippen LogP contribution in [0.15, 0.2) is 59.3 Å². The van der Waals surface area contributed by atoms with E-state index in [1.165, 1.54) is 0 Å². The Morgan fingerprint density at radius 2 is 1.23 bits per heavy atom. The van der Waals surface area contributed by atoms with E-state index in [2.05, 4.69) is 41.9 Å². The molecule has 0 aliphatic carbocycles. The largest absolute Gasteiger partial charge is 0.294 e. The summed E-state index contributed by atoms with van der Waals surface area (Å²) in [7, 11) is 0. The molecular formula is C18H22N10S2. The summed E-state index contributed by atoms with van der Waals surface area (Å²) in [5, 5.41) is 13.1. The van der Waals surface area contributed by atoms with Gasteiger partial charge in [-0.3, -0.25) is 31.7 Å². The van der Waals surface area contributed by atoms with E-state index in [1.54, 1.807) is 37.2 Å². The van der Waals surface area contributed by atoms with Crippen LogP contribution in [-0.2, 0) is 0 Å². The molecule has 3 heterocycles. The van der Waals surface area contributed by atoms with Crippen LogP contribution < -0.4 is 21.7 Å². The molecular weight excluding hydrogens is 420 g/mol. The number of rotatable bonds is 6. The van der Waals surface area contributed by atoms with Crippen molar-refractivity contribution in [2.45, 2.75) is 0 Å². The number of hydrogen-bond donors (Lipinski definition) is 4. The Morgan fingerprint density at radius 1 is 0.800 bits per heavy atom. The second kappa shape index (κ2) is 11.8. The van der Waals surface area contributed by atoms with Crippen molar-refractivity contribution in [3.8, 4) is 0 Å². The van der Waals surface area contributed by atoms with Gasteiger partial charge in [-0.2, -0.15) is 10.2 Å². The zero-order valence-electron chi connectivity index (χ0n) is 16.1. The number of pyridine rings is 2. The summed E-state index contributed by atoms with van der Waals surface area (Å²) in [5.74, 6) is 0. The molecule has 0 bridgehead atoms. The van der Waals surface area contributed by atoms with Crippen molar-refractivity contribution in [3.63, 3.8) is 0 Å². The molecule has 12 heteroatoms. The smallest absolute Gasteiger partial charge is 0.201 e. The Hall–Kier alpha value is -3.06. The van der Waals surface area contributed by atoms with Crippen molar-refractivity contribution in [3.05, 3.63) is 60.2 Å². The summed E-state index contributed by atoms with van der Waals surface area (Å²) in [6.45, 7) is 3.01. The molecule has 0 aromatic carbocycles. The van der Waals surface area contributed by atoms with E-state index in [0.29, 0.717) is 10.2 Å². The zero-order valence-corrected chi connectivity index (χ0v) is 17.7. The fourth-order valence-corrected chi connectivity index (χ4v) is 2.87. The van der Waals surface area contributed by atoms with Gasteiger partial charge in [0.25, 0.3) is 0 Å². The van der Waals surface area contributed by atoms with E-state index in [9.17, 15) is 0 Å². The van der Waals surface area contributed by atoms with Gasteiger partial charge in [0.05, 0.1) is 12.4 Å². The molecule has 0 spiro atoms. The molecule has 0 radical (unpaired) electrons. The Morgan fingerprint density at radius 3 is 1.60 bits per heavy atom. The van der Waals surface area contributed by atoms with Crippen molar-refractivity contribution >= 4 is 47.1 Å². The number of nitrogens with zero attached hydrogens (tertiary/aromatic N) is 6. The molecule has 10 nitrogen and oxygen atoms in total. The molecule has 1 saturated heterocycles. The summed E-state index contributed by atoms with van der Waals surface area (Å²) in [6, 6.07) is 7.51. The maximum Gasteiger partial charge on any atom is 0.201 e. The Labute approximate surface area is 185 Å². The molecule has 30 heavy (non-hydrogen) atoms. The summed E-state index contributed by atoms with van der Waals surface area (Å²) in [5.41, 5.74) is 13.6. The predicted molar refractivity (Wildman–Crippen MR) is 125 cm³/mol. The molecule has 0 atom stereocenters. The van der Waals surface area contributed by atoms with Gasteiger partial charge in [-0.25, -0.2) is 10.0 Å². The lowest BCUT2D eigenvalue weighted by molar-refractivity contribution is 0.0936. The average molecular weight is 443 g/mol. The number of thiocarbonyl (C=S) groups is 2. The Bertz CT molecular complexity index is 794. The van der Waals surface area contributed by atoms with Crippen LogP contribution in [0.5, 0.6) is 0 Å². The van der Waals surface area contributed by atoms with Crippen molar-refractivity contribution < 1.29 is 0 Å². The predicted octanol–water partition coefficient (Wildman–Crippen LogP) is 0.220. The van der Waals surface area contributed by atoms with Crippen LogP contribution in [0.2, 0.25) is 0 Å². The molecule has 2 aromatic rings. The van der Waals surface area contributed by atoms with Gasteiger partial charge in [0.2, 0.25) is 10.2 Å². The van der Waals surface area contributed by atoms with Crippen LogP contribution in [0.4, 0.5) is 0 Å². The van der Waals surface area contributed by atoms with Crippen LogP contribution in [0.3, 0.4) is 0 Å². The van der Waals surface area contributed by atoms with Crippen LogP contribution in [0.25, 0.3) is 0 Å². The van der Waals surface area contributed by atoms with Gasteiger partial charge in [0.1, 0.15) is 0 Å². The minimum atomic E-state index is 0.429. The standard InChI is InChI=1S/C18H22N10S2/c29-17(23-21-13-15-3-1-5-19-11-15)25-27-7-9-28(10-8-27)26-18(30)24-22-14-16-4-2-6-20-12-16/h1-6,11-14H,7-10H2,(H2,23,25,29)(H2,24,26,30)/b21-13+,22-14+. The van der Waals surface area contributed by atoms with Gasteiger partial charge in [-0.1, -0.05) is 12.1 Å². The third-order valence-electron chi connectivity index (χ3n) is 3.93. The number of hydrogen-bond acceptors (Lipinski definition) is 8. The van der Waals surface area contributed by atoms with Crippen molar-refractivity contribution in [2.75, 3.05) is 26.2 Å². The molecule has 1 fully saturated rings. The average Bonchev–Trinajstić information content (AvgIpc) is 2.77. The molecule has 0 unspecified atom stereocenters. The minimum Gasteiger partial charge on any atom is -0.294 e. The third-order valence-corrected chi connectivity index (χ3v) is 4.29. The summed E-state index contributed by atoms with van der Waals surface area (Å²) >= 11 is 10.5. The second-order valence-electron chi connectivity index (χ2n) is 6.17. The van der Waals surface area contributed by atoms with E-state index in [1.807, 2.05) is 34.3 Å². The fourth-order valence-electron chi connectivity index (χ4n) is 2.50. The van der Waals surface area contributed by atoms with E-state index < -0.39 is 0 Å². The molecule has 1 aliphatic rings. The van der Waals surface area contributed by atoms with Gasteiger partial charge in [-0.05, 0) is 36.6 Å². The Balaban J connectivity index is 1.31. The molecule has 156 valence electrons. The van der Waals surface area contributed by atoms with Gasteiger partial charge >= 0.3 is 0 Å². The minimum absolute atomic E-state index is 0.429. The highest BCUT2D eigenvalue weighted by Crippen LogP contribution is 1.96. The van der Waals surface area contributed by atoms with Gasteiger partial charge in [0, 0.05) is 62.1 Å². The van der Waals surface area contributed by atoms with E-state index in [0.717, 1.165) is 37.3 Å². The maximum atomic E-state index is 5.26. The van der Waals surface area contributed by atoms with Crippen LogP contribution in [-0.4, -0.2) is 68.8 Å². The maximum absolute atomic E-state index is 5.26. The van der Waals surface area contributed by atoms with Crippen LogP contribution in [0.1, 0.15) is 11.1 Å². The molecule has 0 amide bonds. The molecule has 4 N–H and O–H groups in total. The topological polar surface area (TPSA) is 105 Å². The van der Waals surface area contributed by atoms with Gasteiger partial charge in [-0.15, -0.1) is 0 Å². The van der Waals surface area contributed by atoms with Crippen molar-refractivity contribution in [1.82, 2.24) is 41.7 Å². The number of nitrogens with one attached hydrogen (secondary N) is 4. The van der Waals surface area contributed by atoms with E-state index in [-0.39, 0.29) is 0 Å². The third kappa shape index (κ3) is 7.75. The normalized spacial score (nSPS) is 15.2. The van der Waals surface area contributed by atoms with Crippen LogP contribution >= 0.6 is 24.4 Å². The number of hydrazone groups is 2.